The van der Waals surface area contributed by atoms with Gasteiger partial charge < -0.3 is 31.2 Å². The highest BCUT2D eigenvalue weighted by molar-refractivity contribution is 5.91. The van der Waals surface area contributed by atoms with Crippen molar-refractivity contribution >= 4 is 28.8 Å². The predicted octanol–water partition coefficient (Wildman–Crippen LogP) is 0.968. The molecule has 31 heavy (non-hydrogen) atoms. The normalized spacial score (nSPS) is 12.7. The lowest BCUT2D eigenvalue weighted by Crippen LogP contribution is -2.54. The number of hydrogen-bond acceptors (Lipinski definition) is 5. The van der Waals surface area contributed by atoms with Gasteiger partial charge in [-0.15, -0.1) is 0 Å². The number of H-pyrrole nitrogens is 1. The van der Waals surface area contributed by atoms with E-state index in [4.69, 9.17) is 10.5 Å². The molecular formula is C22H24N4O5. The van der Waals surface area contributed by atoms with Gasteiger partial charge >= 0.3 is 6.09 Å². The highest BCUT2D eigenvalue weighted by Crippen LogP contribution is 2.19. The van der Waals surface area contributed by atoms with E-state index in [0.717, 1.165) is 22.0 Å². The standard InChI is InChI=1S/C22H24N4O5/c23-20(28)18(10-15-11-24-17-9-5-4-8-16(15)17)25-21(29)19(12-27)26-22(30)31-13-14-6-2-1-3-7-14/h1-9,11,18-19,24,27H,10,12-13H2,(H2,23,28)(H,25,29)(H,26,30)/t18-,19-/m0/s1. The van der Waals surface area contributed by atoms with Crippen LogP contribution in [-0.2, 0) is 27.4 Å². The summed E-state index contributed by atoms with van der Waals surface area (Å²) in [4.78, 5) is 39.5. The van der Waals surface area contributed by atoms with Crippen LogP contribution in [-0.4, -0.2) is 46.7 Å². The van der Waals surface area contributed by atoms with Crippen molar-refractivity contribution in [3.63, 3.8) is 0 Å². The molecule has 3 amide bonds. The van der Waals surface area contributed by atoms with E-state index >= 15 is 0 Å². The third-order valence-electron chi connectivity index (χ3n) is 4.76. The van der Waals surface area contributed by atoms with Gasteiger partial charge in [-0.05, 0) is 17.2 Å². The smallest absolute Gasteiger partial charge is 0.408 e. The zero-order chi connectivity index (χ0) is 22.2. The summed E-state index contributed by atoms with van der Waals surface area (Å²) in [7, 11) is 0. The molecule has 162 valence electrons. The maximum atomic E-state index is 12.5. The van der Waals surface area contributed by atoms with E-state index < -0.39 is 36.6 Å². The number of aliphatic hydroxyl groups is 1. The monoisotopic (exact) mass is 424 g/mol. The fourth-order valence-corrected chi connectivity index (χ4v) is 3.12. The Bertz CT molecular complexity index is 1050. The van der Waals surface area contributed by atoms with Crippen LogP contribution in [0, 0.1) is 0 Å². The molecule has 0 aliphatic carbocycles. The number of nitrogens with two attached hydrogens (primary N) is 1. The van der Waals surface area contributed by atoms with Gasteiger partial charge in [-0.2, -0.15) is 0 Å². The summed E-state index contributed by atoms with van der Waals surface area (Å²) in [6.07, 6.45) is 1.03. The van der Waals surface area contributed by atoms with Gasteiger partial charge in [-0.1, -0.05) is 48.5 Å². The van der Waals surface area contributed by atoms with Crippen molar-refractivity contribution in [1.29, 1.82) is 0 Å². The Labute approximate surface area is 178 Å². The Kier molecular flexibility index (Phi) is 7.23. The maximum Gasteiger partial charge on any atom is 0.408 e. The van der Waals surface area contributed by atoms with Crippen LogP contribution in [0.4, 0.5) is 4.79 Å². The second kappa shape index (κ2) is 10.3. The van der Waals surface area contributed by atoms with E-state index in [1.165, 1.54) is 0 Å². The Balaban J connectivity index is 1.59. The van der Waals surface area contributed by atoms with Gasteiger partial charge in [-0.25, -0.2) is 4.79 Å². The fourth-order valence-electron chi connectivity index (χ4n) is 3.12. The molecule has 6 N–H and O–H groups in total. The van der Waals surface area contributed by atoms with E-state index in [0.29, 0.717) is 0 Å². The van der Waals surface area contributed by atoms with Crippen molar-refractivity contribution in [1.82, 2.24) is 15.6 Å². The number of ether oxygens (including phenoxy) is 1. The zero-order valence-electron chi connectivity index (χ0n) is 16.7. The number of aromatic amines is 1. The number of hydrogen-bond donors (Lipinski definition) is 5. The van der Waals surface area contributed by atoms with Gasteiger partial charge in [0.25, 0.3) is 0 Å². The maximum absolute atomic E-state index is 12.5. The predicted molar refractivity (Wildman–Crippen MR) is 114 cm³/mol. The number of fused-ring (bicyclic) bond motifs is 1. The highest BCUT2D eigenvalue weighted by atomic mass is 16.5. The lowest BCUT2D eigenvalue weighted by molar-refractivity contribution is -0.129. The summed E-state index contributed by atoms with van der Waals surface area (Å²) in [5.74, 6) is -1.48. The number of alkyl carbamates (subject to hydrolysis) is 1. The van der Waals surface area contributed by atoms with Gasteiger partial charge in [0.2, 0.25) is 11.8 Å². The van der Waals surface area contributed by atoms with Gasteiger partial charge in [-0.3, -0.25) is 9.59 Å². The molecule has 0 bridgehead atoms. The molecule has 0 saturated carbocycles. The minimum Gasteiger partial charge on any atom is -0.445 e. The Morgan fingerprint density at radius 3 is 2.42 bits per heavy atom. The molecule has 0 radical (unpaired) electrons. The first-order valence-electron chi connectivity index (χ1n) is 9.70. The number of primary amides is 1. The minimum atomic E-state index is -1.30. The third kappa shape index (κ3) is 5.83. The molecule has 0 unspecified atom stereocenters. The van der Waals surface area contributed by atoms with Crippen LogP contribution >= 0.6 is 0 Å². The van der Waals surface area contributed by atoms with E-state index in [2.05, 4.69) is 15.6 Å². The summed E-state index contributed by atoms with van der Waals surface area (Å²) in [6.45, 7) is -0.665. The van der Waals surface area contributed by atoms with Crippen molar-refractivity contribution in [2.24, 2.45) is 5.73 Å². The highest BCUT2D eigenvalue weighted by Gasteiger charge is 2.26. The first kappa shape index (κ1) is 21.8. The van der Waals surface area contributed by atoms with Crippen LogP contribution in [0.1, 0.15) is 11.1 Å². The number of carbonyl (C=O) groups is 3. The molecule has 9 nitrogen and oxygen atoms in total. The van der Waals surface area contributed by atoms with Gasteiger partial charge in [0.05, 0.1) is 6.61 Å². The van der Waals surface area contributed by atoms with Gasteiger partial charge in [0.15, 0.2) is 0 Å². The van der Waals surface area contributed by atoms with Crippen LogP contribution in [0.25, 0.3) is 10.9 Å². The molecule has 2 atom stereocenters. The summed E-state index contributed by atoms with van der Waals surface area (Å²) in [5, 5.41) is 15.2. The fraction of sp³-hybridized carbons (Fsp3) is 0.227. The molecule has 0 aliphatic heterocycles. The largest absolute Gasteiger partial charge is 0.445 e. The summed E-state index contributed by atoms with van der Waals surface area (Å²) in [6, 6.07) is 14.2. The van der Waals surface area contributed by atoms with E-state index in [1.807, 2.05) is 30.3 Å². The summed E-state index contributed by atoms with van der Waals surface area (Å²) < 4.78 is 5.06. The van der Waals surface area contributed by atoms with E-state index in [1.54, 1.807) is 30.5 Å². The zero-order valence-corrected chi connectivity index (χ0v) is 16.7. The number of carbonyl (C=O) groups excluding carboxylic acids is 3. The van der Waals surface area contributed by atoms with Crippen molar-refractivity contribution in [2.75, 3.05) is 6.61 Å². The van der Waals surface area contributed by atoms with Crippen LogP contribution in [0.3, 0.4) is 0 Å². The first-order chi connectivity index (χ1) is 15.0. The molecule has 0 aliphatic rings. The Hall–Kier alpha value is -3.85. The van der Waals surface area contributed by atoms with Crippen LogP contribution in [0.15, 0.2) is 60.8 Å². The Morgan fingerprint density at radius 2 is 1.71 bits per heavy atom. The van der Waals surface area contributed by atoms with Crippen LogP contribution < -0.4 is 16.4 Å². The topological polar surface area (TPSA) is 147 Å². The molecule has 0 saturated heterocycles. The van der Waals surface area contributed by atoms with Gasteiger partial charge in [0.1, 0.15) is 18.7 Å². The van der Waals surface area contributed by atoms with Gasteiger partial charge in [0, 0.05) is 23.5 Å². The average Bonchev–Trinajstić information content (AvgIpc) is 3.19. The molecule has 2 aromatic carbocycles. The number of aromatic nitrogens is 1. The van der Waals surface area contributed by atoms with Crippen molar-refractivity contribution in [2.45, 2.75) is 25.1 Å². The molecule has 3 aromatic rings. The summed E-state index contributed by atoms with van der Waals surface area (Å²) in [5.41, 5.74) is 7.93. The number of rotatable bonds is 9. The quantitative estimate of drug-likeness (QED) is 0.347. The van der Waals surface area contributed by atoms with E-state index in [-0.39, 0.29) is 13.0 Å². The van der Waals surface area contributed by atoms with E-state index in [9.17, 15) is 19.5 Å². The van der Waals surface area contributed by atoms with Crippen LogP contribution in [0.5, 0.6) is 0 Å². The SMILES string of the molecule is NC(=O)[C@H](Cc1c[nH]c2ccccc12)NC(=O)[C@H](CO)NC(=O)OCc1ccccc1. The number of amides is 3. The molecule has 0 spiro atoms. The minimum absolute atomic E-state index is 0.0108. The molecular weight excluding hydrogens is 400 g/mol. The molecule has 3 rings (SSSR count). The summed E-state index contributed by atoms with van der Waals surface area (Å²) >= 11 is 0. The molecule has 1 aromatic heterocycles. The number of para-hydroxylation sites is 1. The second-order valence-electron chi connectivity index (χ2n) is 6.97. The molecule has 9 heteroatoms. The number of benzene rings is 2. The van der Waals surface area contributed by atoms with Crippen molar-refractivity contribution in [3.05, 3.63) is 71.9 Å². The average molecular weight is 424 g/mol. The lowest BCUT2D eigenvalue weighted by Gasteiger charge is -2.20. The first-order valence-corrected chi connectivity index (χ1v) is 9.70. The Morgan fingerprint density at radius 1 is 1.00 bits per heavy atom. The van der Waals surface area contributed by atoms with Crippen LogP contribution in [0.2, 0.25) is 0 Å². The molecule has 0 fully saturated rings. The molecule has 1 heterocycles. The number of nitrogens with one attached hydrogen (secondary N) is 3. The van der Waals surface area contributed by atoms with Crippen molar-refractivity contribution in [3.8, 4) is 0 Å². The number of aliphatic hydroxyl groups excluding tert-OH is 1. The van der Waals surface area contributed by atoms with Crippen molar-refractivity contribution < 1.29 is 24.2 Å². The lowest BCUT2D eigenvalue weighted by atomic mass is 10.0. The second-order valence-corrected chi connectivity index (χ2v) is 6.97. The third-order valence-corrected chi connectivity index (χ3v) is 4.76.